The van der Waals surface area contributed by atoms with E-state index in [2.05, 4.69) is 24.4 Å². The molecule has 21 heavy (non-hydrogen) atoms. The van der Waals surface area contributed by atoms with Crippen molar-refractivity contribution in [1.82, 2.24) is 0 Å². The minimum absolute atomic E-state index is 0.00235. The maximum Gasteiger partial charge on any atom is 0.312 e. The van der Waals surface area contributed by atoms with E-state index in [1.54, 1.807) is 12.1 Å². The number of nitro groups is 1. The highest BCUT2D eigenvalue weighted by Gasteiger charge is 2.38. The highest BCUT2D eigenvalue weighted by molar-refractivity contribution is 5.58. The van der Waals surface area contributed by atoms with Gasteiger partial charge in [-0.25, -0.2) is 0 Å². The molecule has 1 aromatic rings. The number of allylic oxidation sites excluding steroid dienone is 2. The van der Waals surface area contributed by atoms with E-state index in [-0.39, 0.29) is 5.69 Å². The fraction of sp³-hybridized carbons (Fsp3) is 0.500. The molecule has 2 aliphatic rings. The summed E-state index contributed by atoms with van der Waals surface area (Å²) in [4.78, 5) is 10.7. The van der Waals surface area contributed by atoms with Gasteiger partial charge in [0.1, 0.15) is 0 Å². The van der Waals surface area contributed by atoms with Crippen molar-refractivity contribution in [2.24, 2.45) is 17.8 Å². The second-order valence-electron chi connectivity index (χ2n) is 6.02. The summed E-state index contributed by atoms with van der Waals surface area (Å²) in [6, 6.07) is 5.34. The number of fused-ring (bicyclic) bond motifs is 2. The van der Waals surface area contributed by atoms with Gasteiger partial charge in [0.05, 0.1) is 12.0 Å². The molecule has 4 unspecified atom stereocenters. The van der Waals surface area contributed by atoms with Crippen LogP contribution in [0.25, 0.3) is 0 Å². The molecule has 4 atom stereocenters. The largest absolute Gasteiger partial charge is 0.490 e. The second-order valence-corrected chi connectivity index (χ2v) is 6.02. The molecular formula is C16H20N2O3. The van der Waals surface area contributed by atoms with Gasteiger partial charge in [-0.1, -0.05) is 12.2 Å². The monoisotopic (exact) mass is 288 g/mol. The van der Waals surface area contributed by atoms with Gasteiger partial charge in [-0.15, -0.1) is 0 Å². The number of nitro benzene ring substituents is 1. The number of hydrogen-bond acceptors (Lipinski definition) is 4. The molecule has 0 radical (unpaired) electrons. The third-order valence-electron chi connectivity index (χ3n) is 4.74. The Labute approximate surface area is 124 Å². The summed E-state index contributed by atoms with van der Waals surface area (Å²) in [6.07, 6.45) is 7.13. The molecule has 1 fully saturated rings. The topological polar surface area (TPSA) is 64.4 Å². The first kappa shape index (κ1) is 13.9. The summed E-state index contributed by atoms with van der Waals surface area (Å²) in [6.45, 7) is 2.16. The second kappa shape index (κ2) is 5.39. The van der Waals surface area contributed by atoms with Gasteiger partial charge in [0.2, 0.25) is 0 Å². The fourth-order valence-electron chi connectivity index (χ4n) is 3.69. The summed E-state index contributed by atoms with van der Waals surface area (Å²) in [5, 5.41) is 14.5. The smallest absolute Gasteiger partial charge is 0.312 e. The minimum Gasteiger partial charge on any atom is -0.490 e. The lowest BCUT2D eigenvalue weighted by atomic mass is 9.87. The Morgan fingerprint density at radius 3 is 2.76 bits per heavy atom. The minimum atomic E-state index is -0.408. The van der Waals surface area contributed by atoms with E-state index in [0.717, 1.165) is 11.6 Å². The molecule has 3 rings (SSSR count). The molecule has 1 aromatic carbocycles. The number of ether oxygens (including phenoxy) is 1. The zero-order valence-corrected chi connectivity index (χ0v) is 12.3. The van der Waals surface area contributed by atoms with Crippen molar-refractivity contribution in [3.63, 3.8) is 0 Å². The van der Waals surface area contributed by atoms with Crippen molar-refractivity contribution in [2.45, 2.75) is 25.8 Å². The molecule has 5 heteroatoms. The molecule has 0 amide bonds. The first-order chi connectivity index (χ1) is 10.1. The first-order valence-corrected chi connectivity index (χ1v) is 7.35. The van der Waals surface area contributed by atoms with Crippen molar-refractivity contribution in [1.29, 1.82) is 0 Å². The summed E-state index contributed by atoms with van der Waals surface area (Å²) in [5.41, 5.74) is 0.782. The van der Waals surface area contributed by atoms with Crippen LogP contribution in [0.5, 0.6) is 5.75 Å². The van der Waals surface area contributed by atoms with Crippen molar-refractivity contribution < 1.29 is 9.66 Å². The van der Waals surface area contributed by atoms with Crippen molar-refractivity contribution in [3.05, 3.63) is 40.5 Å². The van der Waals surface area contributed by atoms with E-state index in [0.29, 0.717) is 23.6 Å². The van der Waals surface area contributed by atoms with Crippen LogP contribution in [-0.4, -0.2) is 18.1 Å². The van der Waals surface area contributed by atoms with Gasteiger partial charge in [-0.3, -0.25) is 10.1 Å². The molecule has 112 valence electrons. The first-order valence-electron chi connectivity index (χ1n) is 7.35. The maximum atomic E-state index is 11.1. The van der Waals surface area contributed by atoms with Gasteiger partial charge in [0.15, 0.2) is 5.75 Å². The Morgan fingerprint density at radius 1 is 1.38 bits per heavy atom. The van der Waals surface area contributed by atoms with Crippen molar-refractivity contribution >= 4 is 11.4 Å². The van der Waals surface area contributed by atoms with Crippen LogP contribution in [0, 0.1) is 27.9 Å². The van der Waals surface area contributed by atoms with E-state index in [9.17, 15) is 10.1 Å². The summed E-state index contributed by atoms with van der Waals surface area (Å²) in [5.74, 6) is 2.29. The van der Waals surface area contributed by atoms with Crippen LogP contribution in [0.15, 0.2) is 30.4 Å². The van der Waals surface area contributed by atoms with E-state index in [1.165, 1.54) is 20.0 Å². The van der Waals surface area contributed by atoms with Crippen LogP contribution in [0.2, 0.25) is 0 Å². The molecule has 0 aliphatic heterocycles. The predicted octanol–water partition coefficient (Wildman–Crippen LogP) is 3.62. The van der Waals surface area contributed by atoms with Gasteiger partial charge >= 0.3 is 5.69 Å². The average Bonchev–Trinajstić information content (AvgIpc) is 3.09. The lowest BCUT2D eigenvalue weighted by Crippen LogP contribution is -2.28. The highest BCUT2D eigenvalue weighted by Crippen LogP contribution is 2.45. The SMILES string of the molecule is COc1ccc(NC(C)C2CC3C=CC2C3)cc1[N+](=O)[O-]. The van der Waals surface area contributed by atoms with Gasteiger partial charge in [-0.05, 0) is 49.7 Å². The van der Waals surface area contributed by atoms with Gasteiger partial charge in [0, 0.05) is 17.8 Å². The van der Waals surface area contributed by atoms with Gasteiger partial charge < -0.3 is 10.1 Å². The Balaban J connectivity index is 1.74. The number of nitrogens with one attached hydrogen (secondary N) is 1. The fourth-order valence-corrected chi connectivity index (χ4v) is 3.69. The number of rotatable bonds is 5. The van der Waals surface area contributed by atoms with Gasteiger partial charge in [0.25, 0.3) is 0 Å². The maximum absolute atomic E-state index is 11.1. The normalized spacial score (nSPS) is 27.6. The van der Waals surface area contributed by atoms with Crippen LogP contribution < -0.4 is 10.1 Å². The molecule has 1 saturated carbocycles. The molecule has 2 aliphatic carbocycles. The summed E-state index contributed by atoms with van der Waals surface area (Å²) < 4.78 is 5.03. The summed E-state index contributed by atoms with van der Waals surface area (Å²) >= 11 is 0. The third-order valence-corrected chi connectivity index (χ3v) is 4.74. The van der Waals surface area contributed by atoms with E-state index in [1.807, 2.05) is 6.07 Å². The molecular weight excluding hydrogens is 268 g/mol. The summed E-state index contributed by atoms with van der Waals surface area (Å²) in [7, 11) is 1.44. The Kier molecular flexibility index (Phi) is 3.57. The predicted molar refractivity (Wildman–Crippen MR) is 81.6 cm³/mol. The lowest BCUT2D eigenvalue weighted by molar-refractivity contribution is -0.385. The number of hydrogen-bond donors (Lipinski definition) is 1. The number of benzene rings is 1. The van der Waals surface area contributed by atoms with E-state index >= 15 is 0 Å². The quantitative estimate of drug-likeness (QED) is 0.510. The van der Waals surface area contributed by atoms with Crippen LogP contribution in [0.3, 0.4) is 0 Å². The number of nitrogens with zero attached hydrogens (tertiary/aromatic N) is 1. The molecule has 0 heterocycles. The third kappa shape index (κ3) is 2.60. The Morgan fingerprint density at radius 2 is 2.19 bits per heavy atom. The Hall–Kier alpha value is -2.04. The molecule has 0 aromatic heterocycles. The van der Waals surface area contributed by atoms with Crippen LogP contribution in [-0.2, 0) is 0 Å². The van der Waals surface area contributed by atoms with Crippen LogP contribution in [0.4, 0.5) is 11.4 Å². The zero-order chi connectivity index (χ0) is 15.0. The van der Waals surface area contributed by atoms with Crippen molar-refractivity contribution in [3.8, 4) is 5.75 Å². The number of methoxy groups -OCH3 is 1. The van der Waals surface area contributed by atoms with Gasteiger partial charge in [-0.2, -0.15) is 0 Å². The number of anilines is 1. The highest BCUT2D eigenvalue weighted by atomic mass is 16.6. The Bertz CT molecular complexity index is 585. The molecule has 5 nitrogen and oxygen atoms in total. The standard InChI is InChI=1S/C16H20N2O3/c1-10(14-8-11-3-4-12(14)7-11)17-13-5-6-16(21-2)15(9-13)18(19)20/h3-6,9-12,14,17H,7-8H2,1-2H3. The van der Waals surface area contributed by atoms with E-state index in [4.69, 9.17) is 4.74 Å². The van der Waals surface area contributed by atoms with Crippen molar-refractivity contribution in [2.75, 3.05) is 12.4 Å². The molecule has 2 bridgehead atoms. The van der Waals surface area contributed by atoms with E-state index < -0.39 is 4.92 Å². The molecule has 0 saturated heterocycles. The van der Waals surface area contributed by atoms with Crippen LogP contribution >= 0.6 is 0 Å². The molecule has 0 spiro atoms. The average molecular weight is 288 g/mol. The van der Waals surface area contributed by atoms with Crippen LogP contribution in [0.1, 0.15) is 19.8 Å². The zero-order valence-electron chi connectivity index (χ0n) is 12.3. The molecule has 1 N–H and O–H groups in total. The lowest BCUT2D eigenvalue weighted by Gasteiger charge is -2.27.